The van der Waals surface area contributed by atoms with Gasteiger partial charge in [0.1, 0.15) is 6.54 Å². The van der Waals surface area contributed by atoms with Crippen molar-refractivity contribution in [1.82, 2.24) is 5.06 Å². The summed E-state index contributed by atoms with van der Waals surface area (Å²) in [5.74, 6) is 0.274. The minimum Gasteiger partial charge on any atom is -0.464 e. The molecule has 0 aliphatic heterocycles. The van der Waals surface area contributed by atoms with Crippen molar-refractivity contribution in [1.29, 1.82) is 0 Å². The van der Waals surface area contributed by atoms with Gasteiger partial charge < -0.3 is 9.94 Å². The lowest BCUT2D eigenvalue weighted by atomic mass is 10.0. The molecule has 5 nitrogen and oxygen atoms in total. The van der Waals surface area contributed by atoms with E-state index in [1.54, 1.807) is 5.06 Å². The van der Waals surface area contributed by atoms with Crippen molar-refractivity contribution in [2.45, 2.75) is 200 Å². The molecule has 0 unspecified atom stereocenters. The van der Waals surface area contributed by atoms with Crippen LogP contribution in [0.1, 0.15) is 200 Å². The summed E-state index contributed by atoms with van der Waals surface area (Å²) in [4.78, 5) is 20.6. The maximum Gasteiger partial charge on any atom is 0.332 e. The second-order valence-corrected chi connectivity index (χ2v) is 12.5. The molecule has 0 aromatic carbocycles. The van der Waals surface area contributed by atoms with E-state index in [-0.39, 0.29) is 5.97 Å². The predicted molar refractivity (Wildman–Crippen MR) is 177 cm³/mol. The fraction of sp³-hybridized carbons (Fsp3) is 0.944. The number of nitrogens with one attached hydrogen (secondary N) is 1. The fourth-order valence-electron chi connectivity index (χ4n) is 5.49. The first kappa shape index (κ1) is 39.9. The van der Waals surface area contributed by atoms with Crippen LogP contribution in [0.15, 0.2) is 0 Å². The third kappa shape index (κ3) is 33.3. The first-order chi connectivity index (χ1) is 20.1. The molecule has 5 heteroatoms. The molecule has 0 atom stereocenters. The van der Waals surface area contributed by atoms with Gasteiger partial charge in [-0.05, 0) is 12.8 Å². The highest BCUT2D eigenvalue weighted by atomic mass is 16.7. The molecule has 0 spiro atoms. The Kier molecular flexibility index (Phi) is 32.5. The Hall–Kier alpha value is -1.10. The highest BCUT2D eigenvalue weighted by Gasteiger charge is 2.08. The van der Waals surface area contributed by atoms with Crippen molar-refractivity contribution in [2.75, 3.05) is 20.1 Å². The second kappa shape index (κ2) is 33.4. The van der Waals surface area contributed by atoms with Crippen LogP contribution >= 0.6 is 0 Å². The molecule has 0 fully saturated rings. The summed E-state index contributed by atoms with van der Waals surface area (Å²) in [5, 5.41) is 11.7. The molecule has 0 saturated carbocycles. The quantitative estimate of drug-likeness (QED) is 0.0350. The minimum atomic E-state index is -0.125. The van der Waals surface area contributed by atoms with Crippen LogP contribution < -0.4 is 4.99 Å². The van der Waals surface area contributed by atoms with E-state index < -0.39 is 0 Å². The zero-order chi connectivity index (χ0) is 30.1. The van der Waals surface area contributed by atoms with E-state index in [1.165, 1.54) is 148 Å². The number of carbonyl (C=O) groups is 1. The molecule has 0 aromatic heterocycles. The SMILES string of the molecule is CCCCCCCCCCCCCCCC(=O)ON(C)CCC[NH+]=C(O)CCCCCCCCCCCCCCC. The van der Waals surface area contributed by atoms with Crippen molar-refractivity contribution in [2.24, 2.45) is 0 Å². The third-order valence-electron chi connectivity index (χ3n) is 8.24. The molecule has 0 heterocycles. The molecule has 244 valence electrons. The molecule has 0 aromatic rings. The van der Waals surface area contributed by atoms with Gasteiger partial charge in [-0.1, -0.05) is 168 Å². The Morgan fingerprint density at radius 2 is 0.878 bits per heavy atom. The summed E-state index contributed by atoms with van der Waals surface area (Å²) in [6.45, 7) is 5.92. The molecule has 0 amide bonds. The van der Waals surface area contributed by atoms with E-state index in [0.29, 0.717) is 25.4 Å². The van der Waals surface area contributed by atoms with E-state index in [4.69, 9.17) is 4.84 Å². The van der Waals surface area contributed by atoms with Crippen LogP contribution in [0, 0.1) is 0 Å². The number of unbranched alkanes of at least 4 members (excludes halogenated alkanes) is 24. The van der Waals surface area contributed by atoms with E-state index >= 15 is 0 Å². The molecule has 0 bridgehead atoms. The fourth-order valence-corrected chi connectivity index (χ4v) is 5.49. The van der Waals surface area contributed by atoms with Gasteiger partial charge in [0, 0.05) is 26.4 Å². The maximum atomic E-state index is 12.1. The number of aliphatic hydroxyl groups excluding tert-OH is 1. The molecule has 0 aliphatic rings. The van der Waals surface area contributed by atoms with Crippen LogP contribution in [-0.2, 0) is 9.63 Å². The summed E-state index contributed by atoms with van der Waals surface area (Å²) in [5.41, 5.74) is 0. The highest BCUT2D eigenvalue weighted by molar-refractivity contribution is 5.68. The number of rotatable bonds is 33. The standard InChI is InChI=1S/C36H72N2O3/c1-4-6-8-10-12-14-16-18-20-22-24-26-28-31-35(39)37-33-30-34-38(3)41-36(40)32-29-27-25-23-21-19-17-15-13-11-9-7-5-2/h4-34H2,1-3H3,(H,37,39)/p+1. The minimum absolute atomic E-state index is 0.125. The number of aliphatic hydroxyl groups is 1. The summed E-state index contributed by atoms with van der Waals surface area (Å²) < 4.78 is 0. The Morgan fingerprint density at radius 3 is 1.27 bits per heavy atom. The molecule has 0 saturated heterocycles. The lowest BCUT2D eigenvalue weighted by Gasteiger charge is -2.14. The Labute approximate surface area is 256 Å². The zero-order valence-electron chi connectivity index (χ0n) is 28.1. The normalized spacial score (nSPS) is 12.0. The lowest BCUT2D eigenvalue weighted by molar-refractivity contribution is -0.469. The molecule has 0 radical (unpaired) electrons. The Morgan fingerprint density at radius 1 is 0.537 bits per heavy atom. The van der Waals surface area contributed by atoms with Crippen LogP contribution in [0.4, 0.5) is 0 Å². The van der Waals surface area contributed by atoms with Crippen molar-refractivity contribution in [3.05, 3.63) is 0 Å². The number of hydroxylamine groups is 2. The van der Waals surface area contributed by atoms with E-state index in [9.17, 15) is 9.90 Å². The van der Waals surface area contributed by atoms with Gasteiger partial charge in [0.25, 0.3) is 0 Å². The largest absolute Gasteiger partial charge is 0.464 e. The van der Waals surface area contributed by atoms with Crippen LogP contribution in [-0.4, -0.2) is 42.2 Å². The number of hydrogen-bond donors (Lipinski definition) is 2. The average molecular weight is 582 g/mol. The van der Waals surface area contributed by atoms with Crippen molar-refractivity contribution in [3.63, 3.8) is 0 Å². The average Bonchev–Trinajstić information content (AvgIpc) is 2.96. The number of nitrogens with zero attached hydrogens (tertiary/aromatic N) is 1. The van der Waals surface area contributed by atoms with Gasteiger partial charge in [-0.2, -0.15) is 0 Å². The first-order valence-electron chi connectivity index (χ1n) is 18.3. The summed E-state index contributed by atoms with van der Waals surface area (Å²) in [6, 6.07) is 0. The monoisotopic (exact) mass is 582 g/mol. The van der Waals surface area contributed by atoms with Crippen LogP contribution in [0.5, 0.6) is 0 Å². The van der Waals surface area contributed by atoms with Crippen LogP contribution in [0.2, 0.25) is 0 Å². The second-order valence-electron chi connectivity index (χ2n) is 12.5. The molecule has 41 heavy (non-hydrogen) atoms. The molecule has 0 aliphatic carbocycles. The summed E-state index contributed by atoms with van der Waals surface area (Å²) >= 11 is 0. The van der Waals surface area contributed by atoms with E-state index in [2.05, 4.69) is 18.8 Å². The van der Waals surface area contributed by atoms with Gasteiger partial charge in [-0.15, -0.1) is 5.06 Å². The van der Waals surface area contributed by atoms with Crippen molar-refractivity contribution in [3.8, 4) is 0 Å². The Balaban J connectivity index is 3.45. The van der Waals surface area contributed by atoms with Gasteiger partial charge >= 0.3 is 11.9 Å². The van der Waals surface area contributed by atoms with Crippen LogP contribution in [0.25, 0.3) is 0 Å². The van der Waals surface area contributed by atoms with Gasteiger partial charge in [0.05, 0.1) is 6.42 Å². The Bertz CT molecular complexity index is 567. The summed E-state index contributed by atoms with van der Waals surface area (Å²) in [6.07, 6.45) is 36.5. The maximum absolute atomic E-state index is 12.1. The smallest absolute Gasteiger partial charge is 0.332 e. The van der Waals surface area contributed by atoms with Crippen LogP contribution in [0.3, 0.4) is 0 Å². The van der Waals surface area contributed by atoms with Crippen molar-refractivity contribution >= 4 is 11.9 Å². The summed E-state index contributed by atoms with van der Waals surface area (Å²) in [7, 11) is 1.82. The lowest BCUT2D eigenvalue weighted by Crippen LogP contribution is -2.73. The van der Waals surface area contributed by atoms with E-state index in [1.807, 2.05) is 7.05 Å². The van der Waals surface area contributed by atoms with Crippen molar-refractivity contribution < 1.29 is 19.7 Å². The predicted octanol–water partition coefficient (Wildman–Crippen LogP) is 9.77. The van der Waals surface area contributed by atoms with Gasteiger partial charge in [0.2, 0.25) is 0 Å². The first-order valence-corrected chi connectivity index (χ1v) is 18.3. The van der Waals surface area contributed by atoms with E-state index in [0.717, 1.165) is 32.1 Å². The highest BCUT2D eigenvalue weighted by Crippen LogP contribution is 2.14. The molecule has 0 rings (SSSR count). The topological polar surface area (TPSA) is 63.7 Å². The van der Waals surface area contributed by atoms with Gasteiger partial charge in [-0.3, -0.25) is 4.79 Å². The molecule has 2 N–H and O–H groups in total. The third-order valence-corrected chi connectivity index (χ3v) is 8.24. The molecular weight excluding hydrogens is 508 g/mol. The van der Waals surface area contributed by atoms with Gasteiger partial charge in [0.15, 0.2) is 0 Å². The number of hydrogen-bond acceptors (Lipinski definition) is 3. The van der Waals surface area contributed by atoms with Gasteiger partial charge in [-0.25, -0.2) is 4.99 Å². The number of carbonyl (C=O) groups excluding carboxylic acids is 1. The molecular formula is C36H73N2O3+. The zero-order valence-corrected chi connectivity index (χ0v) is 28.1.